The molecule has 0 bridgehead atoms. The molecule has 36 heavy (non-hydrogen) atoms. The molecule has 0 aliphatic carbocycles. The second-order valence-corrected chi connectivity index (χ2v) is 8.82. The van der Waals surface area contributed by atoms with E-state index in [1.807, 2.05) is 35.2 Å². The van der Waals surface area contributed by atoms with Crippen molar-refractivity contribution in [1.29, 1.82) is 10.8 Å². The second-order valence-electron chi connectivity index (χ2n) is 8.82. The third kappa shape index (κ3) is 6.21. The van der Waals surface area contributed by atoms with Crippen LogP contribution >= 0.6 is 0 Å². The first-order chi connectivity index (χ1) is 17.4. The summed E-state index contributed by atoms with van der Waals surface area (Å²) in [4.78, 5) is 15.2. The van der Waals surface area contributed by atoms with Gasteiger partial charge in [-0.3, -0.25) is 15.6 Å². The Balaban J connectivity index is 1.55. The second kappa shape index (κ2) is 11.4. The number of nitrogens with zero attached hydrogens (tertiary/aromatic N) is 1. The van der Waals surface area contributed by atoms with E-state index in [1.54, 1.807) is 36.4 Å². The first-order valence-corrected chi connectivity index (χ1v) is 12.0. The number of hydrogen-bond donors (Lipinski definition) is 4. The molecular weight excluding hydrogens is 454 g/mol. The number of benzene rings is 3. The Morgan fingerprint density at radius 3 is 1.94 bits per heavy atom. The highest BCUT2D eigenvalue weighted by molar-refractivity contribution is 5.97. The number of nitrogens with two attached hydrogens (primary N) is 2. The van der Waals surface area contributed by atoms with Crippen LogP contribution in [0.5, 0.6) is 11.5 Å². The van der Waals surface area contributed by atoms with Crippen LogP contribution in [0.3, 0.4) is 0 Å². The van der Waals surface area contributed by atoms with Gasteiger partial charge in [0.1, 0.15) is 36.4 Å². The predicted octanol–water partition coefficient (Wildman–Crippen LogP) is 4.04. The minimum atomic E-state index is -0.0529. The average Bonchev–Trinajstić information content (AvgIpc) is 2.91. The molecule has 1 saturated heterocycles. The highest BCUT2D eigenvalue weighted by Crippen LogP contribution is 2.29. The number of hydrogen-bond acceptors (Lipinski definition) is 5. The normalized spacial score (nSPS) is 13.2. The van der Waals surface area contributed by atoms with Gasteiger partial charge in [-0.25, -0.2) is 0 Å². The zero-order valence-electron chi connectivity index (χ0n) is 20.1. The number of carbonyl (C=O) groups excluding carboxylic acids is 1. The van der Waals surface area contributed by atoms with Crippen LogP contribution in [0.15, 0.2) is 66.7 Å². The van der Waals surface area contributed by atoms with E-state index in [1.165, 1.54) is 0 Å². The largest absolute Gasteiger partial charge is 0.489 e. The van der Waals surface area contributed by atoms with E-state index < -0.39 is 0 Å². The summed E-state index contributed by atoms with van der Waals surface area (Å²) in [5, 5.41) is 15.3. The number of nitrogens with one attached hydrogen (secondary N) is 2. The standard InChI is InChI=1S/C28H31N5O3/c29-26(30)21-8-4-6-19(14-21)17-35-23-10-11-24(28(34)33-12-2-1-3-13-33)25(16-23)36-18-20-7-5-9-22(15-20)27(31)32/h4-11,14-16H,1-3,12-13,17-18H2,(H3,29,30)(H3,31,32). The van der Waals surface area contributed by atoms with Crippen LogP contribution in [0.4, 0.5) is 0 Å². The molecule has 0 unspecified atom stereocenters. The minimum Gasteiger partial charge on any atom is -0.489 e. The predicted molar refractivity (Wildman–Crippen MR) is 140 cm³/mol. The number of nitrogen functional groups attached to an aromatic ring is 2. The van der Waals surface area contributed by atoms with Crippen LogP contribution in [0, 0.1) is 10.8 Å². The molecule has 3 aromatic carbocycles. The van der Waals surface area contributed by atoms with Crippen LogP contribution in [0.25, 0.3) is 0 Å². The fourth-order valence-electron chi connectivity index (χ4n) is 4.14. The quantitative estimate of drug-likeness (QED) is 0.268. The molecule has 0 saturated carbocycles. The molecule has 1 aliphatic heterocycles. The van der Waals surface area contributed by atoms with Crippen molar-refractivity contribution in [2.45, 2.75) is 32.5 Å². The van der Waals surface area contributed by atoms with Gasteiger partial charge in [0.25, 0.3) is 5.91 Å². The third-order valence-corrected chi connectivity index (χ3v) is 6.10. The van der Waals surface area contributed by atoms with Crippen molar-refractivity contribution < 1.29 is 14.3 Å². The molecule has 1 amide bonds. The Hall–Kier alpha value is -4.33. The van der Waals surface area contributed by atoms with Gasteiger partial charge in [0.2, 0.25) is 0 Å². The first-order valence-electron chi connectivity index (χ1n) is 12.0. The number of piperidine rings is 1. The van der Waals surface area contributed by atoms with E-state index in [0.29, 0.717) is 28.2 Å². The number of rotatable bonds is 9. The Morgan fingerprint density at radius 2 is 1.36 bits per heavy atom. The maximum absolute atomic E-state index is 13.3. The molecule has 186 valence electrons. The summed E-state index contributed by atoms with van der Waals surface area (Å²) >= 11 is 0. The van der Waals surface area contributed by atoms with Gasteiger partial charge in [0, 0.05) is 30.3 Å². The van der Waals surface area contributed by atoms with Gasteiger partial charge in [-0.05, 0) is 54.7 Å². The lowest BCUT2D eigenvalue weighted by Crippen LogP contribution is -2.35. The fourth-order valence-corrected chi connectivity index (χ4v) is 4.14. The highest BCUT2D eigenvalue weighted by Gasteiger charge is 2.22. The van der Waals surface area contributed by atoms with Gasteiger partial charge in [0.15, 0.2) is 0 Å². The Bertz CT molecular complexity index is 1270. The number of amidine groups is 2. The topological polar surface area (TPSA) is 139 Å². The van der Waals surface area contributed by atoms with Crippen LogP contribution in [-0.4, -0.2) is 35.6 Å². The van der Waals surface area contributed by atoms with Gasteiger partial charge < -0.3 is 25.8 Å². The van der Waals surface area contributed by atoms with Crippen molar-refractivity contribution in [2.24, 2.45) is 11.5 Å². The molecular formula is C28H31N5O3. The van der Waals surface area contributed by atoms with E-state index in [2.05, 4.69) is 0 Å². The molecule has 0 aromatic heterocycles. The third-order valence-electron chi connectivity index (χ3n) is 6.10. The van der Waals surface area contributed by atoms with Gasteiger partial charge in [0.05, 0.1) is 5.56 Å². The van der Waals surface area contributed by atoms with E-state index in [0.717, 1.165) is 43.5 Å². The number of amides is 1. The number of carbonyl (C=O) groups is 1. The molecule has 8 nitrogen and oxygen atoms in total. The summed E-state index contributed by atoms with van der Waals surface area (Å²) in [7, 11) is 0. The van der Waals surface area contributed by atoms with Crippen molar-refractivity contribution in [1.82, 2.24) is 4.90 Å². The van der Waals surface area contributed by atoms with Gasteiger partial charge >= 0.3 is 0 Å². The Morgan fingerprint density at radius 1 is 0.778 bits per heavy atom. The molecule has 0 atom stereocenters. The molecule has 1 heterocycles. The molecule has 3 aromatic rings. The molecule has 1 fully saturated rings. The molecule has 6 N–H and O–H groups in total. The highest BCUT2D eigenvalue weighted by atomic mass is 16.5. The van der Waals surface area contributed by atoms with Crippen LogP contribution < -0.4 is 20.9 Å². The molecule has 8 heteroatoms. The molecule has 1 aliphatic rings. The summed E-state index contributed by atoms with van der Waals surface area (Å²) < 4.78 is 12.1. The monoisotopic (exact) mass is 485 g/mol. The summed E-state index contributed by atoms with van der Waals surface area (Å²) in [6.07, 6.45) is 3.14. The Labute approximate surface area is 210 Å². The van der Waals surface area contributed by atoms with E-state index in [9.17, 15) is 4.79 Å². The first kappa shape index (κ1) is 24.8. The van der Waals surface area contributed by atoms with E-state index in [4.69, 9.17) is 31.8 Å². The van der Waals surface area contributed by atoms with Crippen LogP contribution in [0.2, 0.25) is 0 Å². The maximum atomic E-state index is 13.3. The summed E-state index contributed by atoms with van der Waals surface area (Å²) in [6, 6.07) is 19.9. The molecule has 0 radical (unpaired) electrons. The van der Waals surface area contributed by atoms with Gasteiger partial charge in [-0.1, -0.05) is 36.4 Å². The smallest absolute Gasteiger partial charge is 0.257 e. The lowest BCUT2D eigenvalue weighted by Gasteiger charge is -2.27. The average molecular weight is 486 g/mol. The van der Waals surface area contributed by atoms with Gasteiger partial charge in [-0.15, -0.1) is 0 Å². The maximum Gasteiger partial charge on any atom is 0.257 e. The number of ether oxygens (including phenoxy) is 2. The van der Waals surface area contributed by atoms with Crippen molar-refractivity contribution in [3.05, 3.63) is 94.5 Å². The lowest BCUT2D eigenvalue weighted by atomic mass is 10.1. The van der Waals surface area contributed by atoms with Crippen LogP contribution in [0.1, 0.15) is 51.9 Å². The zero-order chi connectivity index (χ0) is 25.5. The Kier molecular flexibility index (Phi) is 7.85. The van der Waals surface area contributed by atoms with E-state index >= 15 is 0 Å². The number of likely N-dealkylation sites (tertiary alicyclic amines) is 1. The molecule has 0 spiro atoms. The minimum absolute atomic E-state index is 0.00181. The zero-order valence-corrected chi connectivity index (χ0v) is 20.1. The molecule has 4 rings (SSSR count). The van der Waals surface area contributed by atoms with Crippen molar-refractivity contribution in [2.75, 3.05) is 13.1 Å². The summed E-state index contributed by atoms with van der Waals surface area (Å²) in [6.45, 7) is 1.97. The SMILES string of the molecule is N=C(N)c1cccc(COc2ccc(C(=O)N3CCCCC3)c(OCc3cccc(C(=N)N)c3)c2)c1. The van der Waals surface area contributed by atoms with E-state index in [-0.39, 0.29) is 30.8 Å². The van der Waals surface area contributed by atoms with Crippen LogP contribution in [-0.2, 0) is 13.2 Å². The van der Waals surface area contributed by atoms with Crippen molar-refractivity contribution in [3.8, 4) is 11.5 Å². The fraction of sp³-hybridized carbons (Fsp3) is 0.250. The summed E-state index contributed by atoms with van der Waals surface area (Å²) in [5.74, 6) is 0.937. The van der Waals surface area contributed by atoms with Crippen molar-refractivity contribution in [3.63, 3.8) is 0 Å². The lowest BCUT2D eigenvalue weighted by molar-refractivity contribution is 0.0719. The summed E-state index contributed by atoms with van der Waals surface area (Å²) in [5.41, 5.74) is 14.7. The van der Waals surface area contributed by atoms with Crippen molar-refractivity contribution >= 4 is 17.6 Å². The van der Waals surface area contributed by atoms with Gasteiger partial charge in [-0.2, -0.15) is 0 Å².